The molecule has 4 saturated carbocycles. The number of carbonyl (C=O) groups is 1. The lowest BCUT2D eigenvalue weighted by molar-refractivity contribution is -0.0119. The smallest absolute Gasteiger partial charge is 0.251 e. The molecule has 22 heavy (non-hydrogen) atoms. The molecule has 4 aliphatic rings. The fraction of sp³-hybridized carbons (Fsp3) is 0.650. The van der Waals surface area contributed by atoms with Crippen LogP contribution in [0.1, 0.15) is 67.8 Å². The molecule has 0 heterocycles. The van der Waals surface area contributed by atoms with Gasteiger partial charge in [0.05, 0.1) is 0 Å². The number of hydrogen-bond donors (Lipinski definition) is 1. The Kier molecular flexibility index (Phi) is 3.51. The number of amides is 1. The summed E-state index contributed by atoms with van der Waals surface area (Å²) in [6.45, 7) is 4.37. The van der Waals surface area contributed by atoms with Crippen LogP contribution in [0.2, 0.25) is 0 Å². The maximum atomic E-state index is 12.6. The predicted octanol–water partition coefficient (Wildman–Crippen LogP) is 4.36. The Labute approximate surface area is 133 Å². The average molecular weight is 297 g/mol. The van der Waals surface area contributed by atoms with Crippen LogP contribution >= 0.6 is 0 Å². The standard InChI is InChI=1S/C20H27NO/c1-12(2)15-3-5-16(6-4-15)20(22)21-19-17-8-13-7-14(10-17)11-18(19)9-13/h3-6,12-14,17-19H,7-11H2,1-2H3,(H,21,22). The summed E-state index contributed by atoms with van der Waals surface area (Å²) in [5, 5.41) is 3.39. The third kappa shape index (κ3) is 2.47. The van der Waals surface area contributed by atoms with Crippen molar-refractivity contribution in [3.8, 4) is 0 Å². The molecule has 4 bridgehead atoms. The van der Waals surface area contributed by atoms with E-state index in [-0.39, 0.29) is 5.91 Å². The van der Waals surface area contributed by atoms with Gasteiger partial charge in [0.1, 0.15) is 0 Å². The first-order chi connectivity index (χ1) is 10.6. The Balaban J connectivity index is 1.45. The van der Waals surface area contributed by atoms with Crippen molar-refractivity contribution in [3.05, 3.63) is 35.4 Å². The van der Waals surface area contributed by atoms with E-state index < -0.39 is 0 Å². The van der Waals surface area contributed by atoms with Gasteiger partial charge >= 0.3 is 0 Å². The van der Waals surface area contributed by atoms with Gasteiger partial charge in [-0.1, -0.05) is 26.0 Å². The number of nitrogens with one attached hydrogen (secondary N) is 1. The second kappa shape index (κ2) is 5.40. The number of rotatable bonds is 3. The third-order valence-corrected chi connectivity index (χ3v) is 6.36. The number of hydrogen-bond acceptors (Lipinski definition) is 1. The highest BCUT2D eigenvalue weighted by molar-refractivity contribution is 5.94. The third-order valence-electron chi connectivity index (χ3n) is 6.36. The average Bonchev–Trinajstić information content (AvgIpc) is 2.50. The summed E-state index contributed by atoms with van der Waals surface area (Å²) in [6.07, 6.45) is 6.87. The minimum Gasteiger partial charge on any atom is -0.349 e. The molecule has 1 amide bonds. The van der Waals surface area contributed by atoms with Crippen LogP contribution in [0.4, 0.5) is 0 Å². The van der Waals surface area contributed by atoms with Crippen LogP contribution in [0.25, 0.3) is 0 Å². The molecule has 0 aliphatic heterocycles. The lowest BCUT2D eigenvalue weighted by Gasteiger charge is -2.54. The van der Waals surface area contributed by atoms with Crippen molar-refractivity contribution in [2.45, 2.75) is 57.9 Å². The van der Waals surface area contributed by atoms with E-state index in [2.05, 4.69) is 31.3 Å². The van der Waals surface area contributed by atoms with E-state index in [1.165, 1.54) is 37.7 Å². The first-order valence-electron chi connectivity index (χ1n) is 9.01. The van der Waals surface area contributed by atoms with Gasteiger partial charge in [-0.25, -0.2) is 0 Å². The number of benzene rings is 1. The molecular weight excluding hydrogens is 270 g/mol. The fourth-order valence-corrected chi connectivity index (χ4v) is 5.41. The molecule has 5 rings (SSSR count). The zero-order chi connectivity index (χ0) is 15.3. The Hall–Kier alpha value is -1.31. The first-order valence-corrected chi connectivity index (χ1v) is 9.01. The second-order valence-corrected chi connectivity index (χ2v) is 8.21. The maximum absolute atomic E-state index is 12.6. The van der Waals surface area contributed by atoms with Gasteiger partial charge in [0.25, 0.3) is 5.91 Å². The van der Waals surface area contributed by atoms with Gasteiger partial charge in [-0.05, 0) is 79.4 Å². The topological polar surface area (TPSA) is 29.1 Å². The van der Waals surface area contributed by atoms with Gasteiger partial charge in [0.15, 0.2) is 0 Å². The molecule has 0 spiro atoms. The Morgan fingerprint density at radius 2 is 1.50 bits per heavy atom. The van der Waals surface area contributed by atoms with Gasteiger partial charge in [0, 0.05) is 11.6 Å². The Morgan fingerprint density at radius 1 is 0.955 bits per heavy atom. The summed E-state index contributed by atoms with van der Waals surface area (Å²) < 4.78 is 0. The summed E-state index contributed by atoms with van der Waals surface area (Å²) in [7, 11) is 0. The van der Waals surface area contributed by atoms with E-state index in [4.69, 9.17) is 0 Å². The van der Waals surface area contributed by atoms with Crippen LogP contribution in [0.3, 0.4) is 0 Å². The van der Waals surface area contributed by atoms with Crippen molar-refractivity contribution in [3.63, 3.8) is 0 Å². The minimum atomic E-state index is 0.132. The molecule has 0 atom stereocenters. The summed E-state index contributed by atoms with van der Waals surface area (Å²) in [5.74, 6) is 4.06. The lowest BCUT2D eigenvalue weighted by atomic mass is 9.54. The van der Waals surface area contributed by atoms with Crippen molar-refractivity contribution in [1.29, 1.82) is 0 Å². The molecule has 1 aromatic carbocycles. The highest BCUT2D eigenvalue weighted by atomic mass is 16.1. The predicted molar refractivity (Wildman–Crippen MR) is 88.8 cm³/mol. The van der Waals surface area contributed by atoms with E-state index in [1.54, 1.807) is 0 Å². The van der Waals surface area contributed by atoms with Crippen LogP contribution in [0, 0.1) is 23.7 Å². The highest BCUT2D eigenvalue weighted by Crippen LogP contribution is 2.53. The van der Waals surface area contributed by atoms with Crippen LogP contribution < -0.4 is 5.32 Å². The largest absolute Gasteiger partial charge is 0.349 e. The van der Waals surface area contributed by atoms with Crippen LogP contribution in [0.5, 0.6) is 0 Å². The van der Waals surface area contributed by atoms with Gasteiger partial charge in [-0.3, -0.25) is 4.79 Å². The normalized spacial score (nSPS) is 35.9. The Morgan fingerprint density at radius 3 is 2.00 bits per heavy atom. The molecule has 4 fully saturated rings. The Bertz CT molecular complexity index is 532. The van der Waals surface area contributed by atoms with Gasteiger partial charge in [-0.2, -0.15) is 0 Å². The molecule has 2 heteroatoms. The van der Waals surface area contributed by atoms with Gasteiger partial charge < -0.3 is 5.32 Å². The molecular formula is C20H27NO. The molecule has 4 aliphatic carbocycles. The van der Waals surface area contributed by atoms with Crippen molar-refractivity contribution in [1.82, 2.24) is 5.32 Å². The van der Waals surface area contributed by atoms with Crippen LogP contribution in [-0.2, 0) is 0 Å². The lowest BCUT2D eigenvalue weighted by Crippen LogP contribution is -2.55. The molecule has 118 valence electrons. The minimum absolute atomic E-state index is 0.132. The van der Waals surface area contributed by atoms with Crippen molar-refractivity contribution >= 4 is 5.91 Å². The summed E-state index contributed by atoms with van der Waals surface area (Å²) in [5.41, 5.74) is 2.12. The van der Waals surface area contributed by atoms with Gasteiger partial charge in [0.2, 0.25) is 0 Å². The zero-order valence-corrected chi connectivity index (χ0v) is 13.7. The van der Waals surface area contributed by atoms with Crippen molar-refractivity contribution in [2.24, 2.45) is 23.7 Å². The highest BCUT2D eigenvalue weighted by Gasteiger charge is 2.48. The van der Waals surface area contributed by atoms with Crippen LogP contribution in [-0.4, -0.2) is 11.9 Å². The molecule has 0 aromatic heterocycles. The van der Waals surface area contributed by atoms with Crippen molar-refractivity contribution in [2.75, 3.05) is 0 Å². The first kappa shape index (κ1) is 14.3. The summed E-state index contributed by atoms with van der Waals surface area (Å²) in [4.78, 5) is 12.6. The van der Waals surface area contributed by atoms with E-state index in [1.807, 2.05) is 12.1 Å². The van der Waals surface area contributed by atoms with Gasteiger partial charge in [-0.15, -0.1) is 0 Å². The maximum Gasteiger partial charge on any atom is 0.251 e. The number of carbonyl (C=O) groups excluding carboxylic acids is 1. The summed E-state index contributed by atoms with van der Waals surface area (Å²) in [6, 6.07) is 8.60. The second-order valence-electron chi connectivity index (χ2n) is 8.21. The molecule has 0 unspecified atom stereocenters. The SMILES string of the molecule is CC(C)c1ccc(C(=O)NC2C3CC4CC(C3)CC2C4)cc1. The molecule has 0 radical (unpaired) electrons. The monoisotopic (exact) mass is 297 g/mol. The van der Waals surface area contributed by atoms with E-state index in [0.29, 0.717) is 12.0 Å². The molecule has 2 nitrogen and oxygen atoms in total. The fourth-order valence-electron chi connectivity index (χ4n) is 5.41. The van der Waals surface area contributed by atoms with Crippen LogP contribution in [0.15, 0.2) is 24.3 Å². The summed E-state index contributed by atoms with van der Waals surface area (Å²) >= 11 is 0. The quantitative estimate of drug-likeness (QED) is 0.882. The molecule has 1 aromatic rings. The molecule has 1 N–H and O–H groups in total. The van der Waals surface area contributed by atoms with Crippen molar-refractivity contribution < 1.29 is 4.79 Å². The zero-order valence-electron chi connectivity index (χ0n) is 13.7. The van der Waals surface area contributed by atoms with E-state index in [0.717, 1.165) is 29.2 Å². The molecule has 0 saturated heterocycles. The van der Waals surface area contributed by atoms with E-state index in [9.17, 15) is 4.79 Å². The van der Waals surface area contributed by atoms with E-state index >= 15 is 0 Å².